The number of aromatic nitrogens is 1. The Balaban J connectivity index is 2.80. The van der Waals surface area contributed by atoms with E-state index >= 15 is 0 Å². The summed E-state index contributed by atoms with van der Waals surface area (Å²) >= 11 is 0. The summed E-state index contributed by atoms with van der Waals surface area (Å²) in [6, 6.07) is 1.91. The molecule has 100 valence electrons. The van der Waals surface area contributed by atoms with Gasteiger partial charge in [-0.2, -0.15) is 0 Å². The molecule has 0 aromatic carbocycles. The number of nitrogens with one attached hydrogen (secondary N) is 1. The van der Waals surface area contributed by atoms with Gasteiger partial charge in [-0.05, 0) is 30.7 Å². The van der Waals surface area contributed by atoms with Gasteiger partial charge in [-0.25, -0.2) is 0 Å². The van der Waals surface area contributed by atoms with Gasteiger partial charge in [-0.3, -0.25) is 4.98 Å². The molecule has 3 heteroatoms. The van der Waals surface area contributed by atoms with Gasteiger partial charge in [0.1, 0.15) is 0 Å². The number of pyridine rings is 1. The summed E-state index contributed by atoms with van der Waals surface area (Å²) in [4.78, 5) is 4.41. The molecule has 2 atom stereocenters. The summed E-state index contributed by atoms with van der Waals surface area (Å²) < 4.78 is 0. The second kappa shape index (κ2) is 7.04. The Morgan fingerprint density at radius 1 is 1.56 bits per heavy atom. The fraction of sp³-hybridized carbons (Fsp3) is 0.533. The highest BCUT2D eigenvalue weighted by Gasteiger charge is 2.17. The Bertz CT molecular complexity index is 387. The molecule has 0 aliphatic carbocycles. The van der Waals surface area contributed by atoms with E-state index < -0.39 is 0 Å². The van der Waals surface area contributed by atoms with Crippen LogP contribution in [0, 0.1) is 11.8 Å². The quantitative estimate of drug-likeness (QED) is 0.725. The van der Waals surface area contributed by atoms with Crippen molar-refractivity contribution in [3.63, 3.8) is 0 Å². The number of hydrogen-bond donors (Lipinski definition) is 2. The van der Waals surface area contributed by atoms with Crippen molar-refractivity contribution < 1.29 is 0 Å². The molecule has 0 saturated heterocycles. The van der Waals surface area contributed by atoms with Gasteiger partial charge in [0.2, 0.25) is 0 Å². The van der Waals surface area contributed by atoms with Crippen molar-refractivity contribution in [3.8, 4) is 0 Å². The molecule has 0 bridgehead atoms. The largest absolute Gasteiger partial charge is 0.396 e. The Morgan fingerprint density at radius 2 is 2.28 bits per heavy atom. The first-order valence-corrected chi connectivity index (χ1v) is 6.66. The first-order valence-electron chi connectivity index (χ1n) is 6.66. The third kappa shape index (κ3) is 3.49. The van der Waals surface area contributed by atoms with Crippen LogP contribution in [0.15, 0.2) is 24.9 Å². The maximum Gasteiger partial charge on any atom is 0.0768 e. The first-order chi connectivity index (χ1) is 8.63. The second-order valence-corrected chi connectivity index (χ2v) is 4.84. The molecule has 1 rings (SSSR count). The average Bonchev–Trinajstić information content (AvgIpc) is 2.38. The Morgan fingerprint density at radius 3 is 2.83 bits per heavy atom. The van der Waals surface area contributed by atoms with Gasteiger partial charge in [-0.1, -0.05) is 26.3 Å². The molecule has 3 N–H and O–H groups in total. The van der Waals surface area contributed by atoms with E-state index in [4.69, 9.17) is 5.73 Å². The van der Waals surface area contributed by atoms with Crippen molar-refractivity contribution in [2.75, 3.05) is 18.1 Å². The molecule has 0 amide bonds. The Labute approximate surface area is 111 Å². The smallest absolute Gasteiger partial charge is 0.0768 e. The lowest BCUT2D eigenvalue weighted by Crippen LogP contribution is -2.15. The molecule has 3 nitrogen and oxygen atoms in total. The van der Waals surface area contributed by atoms with Crippen LogP contribution in [-0.2, 0) is 6.42 Å². The zero-order valence-corrected chi connectivity index (χ0v) is 11.7. The standard InChI is InChI=1S/C15H25N3/c1-5-7-12(6-2)11(3)10-14-15(16)13(17-4)8-9-18-14/h5,8-9,11-12H,1,6-7,10,16H2,2-4H3,(H,17,18). The third-order valence-electron chi connectivity index (χ3n) is 3.66. The van der Waals surface area contributed by atoms with Crippen molar-refractivity contribution in [1.82, 2.24) is 4.98 Å². The van der Waals surface area contributed by atoms with E-state index in [1.807, 2.05) is 25.4 Å². The molecule has 0 radical (unpaired) electrons. The van der Waals surface area contributed by atoms with Crippen LogP contribution in [-0.4, -0.2) is 12.0 Å². The highest BCUT2D eigenvalue weighted by molar-refractivity contribution is 5.67. The molecule has 0 saturated carbocycles. The van der Waals surface area contributed by atoms with Gasteiger partial charge < -0.3 is 11.1 Å². The Hall–Kier alpha value is -1.51. The van der Waals surface area contributed by atoms with Gasteiger partial charge in [0.05, 0.1) is 17.1 Å². The van der Waals surface area contributed by atoms with Crippen molar-refractivity contribution >= 4 is 11.4 Å². The molecule has 0 aliphatic rings. The van der Waals surface area contributed by atoms with Crippen molar-refractivity contribution in [2.45, 2.75) is 33.1 Å². The number of anilines is 2. The molecule has 1 heterocycles. The molecule has 18 heavy (non-hydrogen) atoms. The summed E-state index contributed by atoms with van der Waals surface area (Å²) in [7, 11) is 1.88. The van der Waals surface area contributed by atoms with Crippen LogP contribution in [0.2, 0.25) is 0 Å². The number of nitrogen functional groups attached to an aromatic ring is 1. The maximum atomic E-state index is 6.11. The summed E-state index contributed by atoms with van der Waals surface area (Å²) in [5.41, 5.74) is 8.85. The predicted octanol–water partition coefficient (Wildman–Crippen LogP) is 3.49. The minimum Gasteiger partial charge on any atom is -0.396 e. The number of nitrogens with zero attached hydrogens (tertiary/aromatic N) is 1. The first kappa shape index (κ1) is 14.6. The normalized spacial score (nSPS) is 13.9. The lowest BCUT2D eigenvalue weighted by Gasteiger charge is -2.22. The fourth-order valence-corrected chi connectivity index (χ4v) is 2.38. The molecular weight excluding hydrogens is 222 g/mol. The van der Waals surface area contributed by atoms with Crippen LogP contribution in [0.25, 0.3) is 0 Å². The minimum atomic E-state index is 0.565. The summed E-state index contributed by atoms with van der Waals surface area (Å²) in [5, 5.41) is 3.10. The minimum absolute atomic E-state index is 0.565. The molecule has 0 fully saturated rings. The SMILES string of the molecule is C=CCC(CC)C(C)Cc1nccc(NC)c1N. The van der Waals surface area contributed by atoms with Crippen LogP contribution in [0.1, 0.15) is 32.4 Å². The number of hydrogen-bond acceptors (Lipinski definition) is 3. The zero-order valence-electron chi connectivity index (χ0n) is 11.7. The van der Waals surface area contributed by atoms with E-state index in [1.165, 1.54) is 6.42 Å². The van der Waals surface area contributed by atoms with E-state index in [0.717, 1.165) is 29.9 Å². The molecule has 0 aliphatic heterocycles. The molecular formula is C15H25N3. The van der Waals surface area contributed by atoms with Gasteiger partial charge >= 0.3 is 0 Å². The van der Waals surface area contributed by atoms with Crippen LogP contribution in [0.4, 0.5) is 11.4 Å². The van der Waals surface area contributed by atoms with Crippen molar-refractivity contribution in [3.05, 3.63) is 30.6 Å². The monoisotopic (exact) mass is 247 g/mol. The molecule has 1 aromatic rings. The maximum absolute atomic E-state index is 6.11. The highest BCUT2D eigenvalue weighted by Crippen LogP contribution is 2.27. The number of nitrogens with two attached hydrogens (primary N) is 1. The molecule has 1 aromatic heterocycles. The fourth-order valence-electron chi connectivity index (χ4n) is 2.38. The van der Waals surface area contributed by atoms with Gasteiger partial charge in [-0.15, -0.1) is 6.58 Å². The van der Waals surface area contributed by atoms with E-state index in [9.17, 15) is 0 Å². The molecule has 2 unspecified atom stereocenters. The summed E-state index contributed by atoms with van der Waals surface area (Å²) in [6.45, 7) is 8.33. The number of allylic oxidation sites excluding steroid dienone is 1. The topological polar surface area (TPSA) is 50.9 Å². The lowest BCUT2D eigenvalue weighted by molar-refractivity contribution is 0.346. The summed E-state index contributed by atoms with van der Waals surface area (Å²) in [6.07, 6.45) is 6.97. The van der Waals surface area contributed by atoms with Crippen LogP contribution >= 0.6 is 0 Å². The predicted molar refractivity (Wildman–Crippen MR) is 79.7 cm³/mol. The van der Waals surface area contributed by atoms with Crippen LogP contribution < -0.4 is 11.1 Å². The van der Waals surface area contributed by atoms with Gasteiger partial charge in [0.25, 0.3) is 0 Å². The summed E-state index contributed by atoms with van der Waals surface area (Å²) in [5.74, 6) is 1.22. The third-order valence-corrected chi connectivity index (χ3v) is 3.66. The Kier molecular flexibility index (Phi) is 5.69. The second-order valence-electron chi connectivity index (χ2n) is 4.84. The average molecular weight is 247 g/mol. The van der Waals surface area contributed by atoms with E-state index in [1.54, 1.807) is 0 Å². The van der Waals surface area contributed by atoms with Crippen molar-refractivity contribution in [2.24, 2.45) is 11.8 Å². The highest BCUT2D eigenvalue weighted by atomic mass is 14.9. The molecule has 0 spiro atoms. The van der Waals surface area contributed by atoms with Crippen LogP contribution in [0.3, 0.4) is 0 Å². The van der Waals surface area contributed by atoms with E-state index in [2.05, 4.69) is 30.7 Å². The number of rotatable bonds is 7. The van der Waals surface area contributed by atoms with Gasteiger partial charge in [0.15, 0.2) is 0 Å². The van der Waals surface area contributed by atoms with Crippen LogP contribution in [0.5, 0.6) is 0 Å². The zero-order chi connectivity index (χ0) is 13.5. The van der Waals surface area contributed by atoms with Crippen molar-refractivity contribution in [1.29, 1.82) is 0 Å². The van der Waals surface area contributed by atoms with E-state index in [0.29, 0.717) is 11.8 Å². The van der Waals surface area contributed by atoms with Gasteiger partial charge in [0, 0.05) is 13.2 Å². The lowest BCUT2D eigenvalue weighted by atomic mass is 9.85. The van der Waals surface area contributed by atoms with E-state index in [-0.39, 0.29) is 0 Å².